The Morgan fingerprint density at radius 1 is 1.54 bits per heavy atom. The van der Waals surface area contributed by atoms with E-state index < -0.39 is 24.1 Å². The van der Waals surface area contributed by atoms with Crippen molar-refractivity contribution in [1.82, 2.24) is 9.80 Å². The summed E-state index contributed by atoms with van der Waals surface area (Å²) in [6.45, 7) is 6.18. The summed E-state index contributed by atoms with van der Waals surface area (Å²) in [5.41, 5.74) is -0.0143. The van der Waals surface area contributed by atoms with Crippen molar-refractivity contribution in [3.8, 4) is 0 Å². The number of likely N-dealkylation sites (tertiary alicyclic amines) is 1. The van der Waals surface area contributed by atoms with Gasteiger partial charge in [0, 0.05) is 18.3 Å². The van der Waals surface area contributed by atoms with Gasteiger partial charge in [0.05, 0.1) is 16.3 Å². The van der Waals surface area contributed by atoms with Crippen molar-refractivity contribution in [3.63, 3.8) is 0 Å². The summed E-state index contributed by atoms with van der Waals surface area (Å²) in [5.74, 6) is -2.09. The SMILES string of the molecule is C=CCOC(=O)N1CC[C@H](SC2=C(C(=O)O)N3C(=O)[C@@H]([C@H](C)O)[C@H]3S2)C1. The Morgan fingerprint density at radius 3 is 2.88 bits per heavy atom. The fourth-order valence-electron chi connectivity index (χ4n) is 3.20. The number of amides is 2. The van der Waals surface area contributed by atoms with Gasteiger partial charge in [0.25, 0.3) is 0 Å². The lowest BCUT2D eigenvalue weighted by atomic mass is 9.92. The molecule has 3 aliphatic heterocycles. The minimum atomic E-state index is -1.15. The molecule has 3 aliphatic rings. The number of nitrogens with zero attached hydrogens (tertiary/aromatic N) is 2. The molecule has 2 amide bonds. The van der Waals surface area contributed by atoms with Gasteiger partial charge in [-0.1, -0.05) is 24.4 Å². The third-order valence-electron chi connectivity index (χ3n) is 4.47. The molecule has 0 unspecified atom stereocenters. The highest BCUT2D eigenvalue weighted by Gasteiger charge is 2.58. The van der Waals surface area contributed by atoms with Gasteiger partial charge in [0.15, 0.2) is 5.70 Å². The molecule has 10 heteroatoms. The third kappa shape index (κ3) is 3.33. The number of aliphatic hydroxyl groups is 1. The molecule has 4 atom stereocenters. The van der Waals surface area contributed by atoms with Crippen LogP contribution in [-0.4, -0.2) is 74.4 Å². The Labute approximate surface area is 159 Å². The molecule has 3 rings (SSSR count). The number of fused-ring (bicyclic) bond motifs is 1. The first kappa shape index (κ1) is 19.1. The molecular formula is C16H20N2O6S2. The Balaban J connectivity index is 1.66. The standard InChI is InChI=1S/C16H20N2O6S2/c1-3-6-24-16(23)17-5-4-9(7-17)25-15-11(14(21)22)18-12(20)10(8(2)19)13(18)26-15/h3,8-10,13,19H,1,4-7H2,2H3,(H,21,22)/t8-,9-,10+,13+/m0/s1. The predicted molar refractivity (Wildman–Crippen MR) is 97.2 cm³/mol. The van der Waals surface area contributed by atoms with Crippen molar-refractivity contribution < 1.29 is 29.3 Å². The lowest BCUT2D eigenvalue weighted by molar-refractivity contribution is -0.156. The van der Waals surface area contributed by atoms with Crippen LogP contribution in [0.4, 0.5) is 4.79 Å². The van der Waals surface area contributed by atoms with Gasteiger partial charge in [-0.05, 0) is 13.3 Å². The van der Waals surface area contributed by atoms with E-state index in [1.54, 1.807) is 4.90 Å². The van der Waals surface area contributed by atoms with Crippen molar-refractivity contribution >= 4 is 41.5 Å². The van der Waals surface area contributed by atoms with Crippen molar-refractivity contribution in [1.29, 1.82) is 0 Å². The molecular weight excluding hydrogens is 380 g/mol. The molecule has 2 fully saturated rings. The lowest BCUT2D eigenvalue weighted by Gasteiger charge is -2.43. The highest BCUT2D eigenvalue weighted by atomic mass is 32.2. The number of carboxylic acids is 1. The molecule has 0 saturated carbocycles. The van der Waals surface area contributed by atoms with E-state index in [0.29, 0.717) is 23.7 Å². The van der Waals surface area contributed by atoms with Crippen molar-refractivity contribution in [2.24, 2.45) is 5.92 Å². The molecule has 0 spiro atoms. The van der Waals surface area contributed by atoms with Gasteiger partial charge in [-0.15, -0.1) is 11.8 Å². The van der Waals surface area contributed by atoms with Gasteiger partial charge in [0.2, 0.25) is 5.91 Å². The Kier molecular flexibility index (Phi) is 5.54. The fourth-order valence-corrected chi connectivity index (χ4v) is 6.52. The summed E-state index contributed by atoms with van der Waals surface area (Å²) in [5, 5.41) is 18.9. The molecule has 0 aromatic heterocycles. The van der Waals surface area contributed by atoms with E-state index in [2.05, 4.69) is 6.58 Å². The Hall–Kier alpha value is -1.65. The second kappa shape index (κ2) is 7.53. The number of aliphatic carboxylic acids is 1. The van der Waals surface area contributed by atoms with Gasteiger partial charge in [-0.25, -0.2) is 9.59 Å². The molecule has 3 heterocycles. The summed E-state index contributed by atoms with van der Waals surface area (Å²) in [7, 11) is 0. The summed E-state index contributed by atoms with van der Waals surface area (Å²) in [6.07, 6.45) is 0.979. The first-order valence-electron chi connectivity index (χ1n) is 8.19. The maximum absolute atomic E-state index is 12.2. The number of thioether (sulfide) groups is 2. The van der Waals surface area contributed by atoms with Gasteiger partial charge in [0.1, 0.15) is 12.0 Å². The van der Waals surface area contributed by atoms with Gasteiger partial charge in [-0.3, -0.25) is 9.69 Å². The number of hydrogen-bond acceptors (Lipinski definition) is 7. The molecule has 142 valence electrons. The predicted octanol–water partition coefficient (Wildman–Crippen LogP) is 1.28. The second-order valence-electron chi connectivity index (χ2n) is 6.26. The van der Waals surface area contributed by atoms with E-state index in [4.69, 9.17) is 4.74 Å². The third-order valence-corrected chi connectivity index (χ3v) is 7.33. The van der Waals surface area contributed by atoms with Crippen LogP contribution in [0.1, 0.15) is 13.3 Å². The van der Waals surface area contributed by atoms with Crippen LogP contribution in [0.25, 0.3) is 0 Å². The van der Waals surface area contributed by atoms with Crippen LogP contribution in [0.15, 0.2) is 22.6 Å². The summed E-state index contributed by atoms with van der Waals surface area (Å²) in [6, 6.07) is 0. The van der Waals surface area contributed by atoms with E-state index in [1.165, 1.54) is 41.4 Å². The zero-order chi connectivity index (χ0) is 19.0. The first-order valence-corrected chi connectivity index (χ1v) is 9.95. The Bertz CT molecular complexity index is 680. The zero-order valence-corrected chi connectivity index (χ0v) is 15.8. The molecule has 0 aliphatic carbocycles. The number of hydrogen-bond donors (Lipinski definition) is 2. The highest BCUT2D eigenvalue weighted by Crippen LogP contribution is 2.55. The number of carbonyl (C=O) groups is 3. The van der Waals surface area contributed by atoms with Crippen molar-refractivity contribution in [2.75, 3.05) is 19.7 Å². The average Bonchev–Trinajstić information content (AvgIpc) is 3.15. The van der Waals surface area contributed by atoms with Crippen LogP contribution in [0, 0.1) is 5.92 Å². The van der Waals surface area contributed by atoms with Crippen molar-refractivity contribution in [3.05, 3.63) is 22.6 Å². The lowest BCUT2D eigenvalue weighted by Crippen LogP contribution is -2.60. The fraction of sp³-hybridized carbons (Fsp3) is 0.562. The number of carbonyl (C=O) groups excluding carboxylic acids is 2. The van der Waals surface area contributed by atoms with Crippen LogP contribution in [0.2, 0.25) is 0 Å². The molecule has 0 aromatic rings. The van der Waals surface area contributed by atoms with E-state index in [9.17, 15) is 24.6 Å². The number of ether oxygens (including phenoxy) is 1. The molecule has 0 radical (unpaired) electrons. The largest absolute Gasteiger partial charge is 0.477 e. The minimum absolute atomic E-state index is 0.0143. The topological polar surface area (TPSA) is 107 Å². The summed E-state index contributed by atoms with van der Waals surface area (Å²) in [4.78, 5) is 38.6. The number of rotatable bonds is 6. The van der Waals surface area contributed by atoms with E-state index in [1.807, 2.05) is 0 Å². The zero-order valence-electron chi connectivity index (χ0n) is 14.2. The highest BCUT2D eigenvalue weighted by molar-refractivity contribution is 8.23. The Morgan fingerprint density at radius 2 is 2.27 bits per heavy atom. The smallest absolute Gasteiger partial charge is 0.410 e. The summed E-state index contributed by atoms with van der Waals surface area (Å²) < 4.78 is 5.58. The minimum Gasteiger partial charge on any atom is -0.477 e. The van der Waals surface area contributed by atoms with Crippen LogP contribution in [0.5, 0.6) is 0 Å². The van der Waals surface area contributed by atoms with Crippen LogP contribution >= 0.6 is 23.5 Å². The molecule has 0 bridgehead atoms. The van der Waals surface area contributed by atoms with E-state index >= 15 is 0 Å². The maximum atomic E-state index is 12.2. The van der Waals surface area contributed by atoms with Crippen LogP contribution in [0.3, 0.4) is 0 Å². The quantitative estimate of drug-likeness (QED) is 0.507. The number of carboxylic acid groups (broad SMARTS) is 1. The van der Waals surface area contributed by atoms with Crippen LogP contribution in [-0.2, 0) is 14.3 Å². The van der Waals surface area contributed by atoms with E-state index in [0.717, 1.165) is 0 Å². The van der Waals surface area contributed by atoms with Gasteiger partial charge < -0.3 is 19.8 Å². The van der Waals surface area contributed by atoms with Gasteiger partial charge >= 0.3 is 12.1 Å². The molecule has 2 N–H and O–H groups in total. The number of aliphatic hydroxyl groups excluding tert-OH is 1. The number of β-lactam (4-membered cyclic amide) rings is 1. The van der Waals surface area contributed by atoms with Crippen LogP contribution < -0.4 is 0 Å². The van der Waals surface area contributed by atoms with Gasteiger partial charge in [-0.2, -0.15) is 0 Å². The monoisotopic (exact) mass is 400 g/mol. The maximum Gasteiger partial charge on any atom is 0.410 e. The molecule has 0 aromatic carbocycles. The first-order chi connectivity index (χ1) is 12.3. The normalized spacial score (nSPS) is 28.7. The molecule has 8 nitrogen and oxygen atoms in total. The summed E-state index contributed by atoms with van der Waals surface area (Å²) >= 11 is 2.68. The average molecular weight is 400 g/mol. The second-order valence-corrected chi connectivity index (χ2v) is 8.96. The van der Waals surface area contributed by atoms with Crippen molar-refractivity contribution in [2.45, 2.75) is 30.1 Å². The molecule has 26 heavy (non-hydrogen) atoms. The van der Waals surface area contributed by atoms with E-state index in [-0.39, 0.29) is 28.8 Å². The molecule has 2 saturated heterocycles.